The first-order valence-electron chi connectivity index (χ1n) is 6.39. The topological polar surface area (TPSA) is 24.9 Å². The molecule has 1 N–H and O–H groups in total. The van der Waals surface area contributed by atoms with Crippen LogP contribution in [0.4, 0.5) is 5.13 Å². The first-order chi connectivity index (χ1) is 9.24. The number of thiazole rings is 1. The van der Waals surface area contributed by atoms with Crippen LogP contribution in [0.15, 0.2) is 41.8 Å². The minimum atomic E-state index is 0.334. The van der Waals surface area contributed by atoms with Crippen molar-refractivity contribution in [1.29, 1.82) is 0 Å². The molecule has 0 amide bonds. The van der Waals surface area contributed by atoms with Crippen LogP contribution in [0.25, 0.3) is 10.2 Å². The van der Waals surface area contributed by atoms with Gasteiger partial charge < -0.3 is 5.32 Å². The summed E-state index contributed by atoms with van der Waals surface area (Å²) < 4.78 is 1.23. The molecule has 0 bridgehead atoms. The fourth-order valence-electron chi connectivity index (χ4n) is 2.10. The Morgan fingerprint density at radius 1 is 1.11 bits per heavy atom. The Morgan fingerprint density at radius 2 is 1.95 bits per heavy atom. The minimum absolute atomic E-state index is 0.334. The van der Waals surface area contributed by atoms with Gasteiger partial charge >= 0.3 is 0 Å². The monoisotopic (exact) mass is 288 g/mol. The maximum Gasteiger partial charge on any atom is 0.184 e. The van der Waals surface area contributed by atoms with Gasteiger partial charge in [-0.1, -0.05) is 43.4 Å². The lowest BCUT2D eigenvalue weighted by atomic mass is 10.0. The van der Waals surface area contributed by atoms with Gasteiger partial charge in [-0.15, -0.1) is 11.3 Å². The lowest BCUT2D eigenvalue weighted by Crippen LogP contribution is -2.15. The molecule has 0 fully saturated rings. The second-order valence-corrected chi connectivity index (χ2v) is 6.88. The third-order valence-electron chi connectivity index (χ3n) is 3.09. The van der Waals surface area contributed by atoms with E-state index in [4.69, 9.17) is 0 Å². The Morgan fingerprint density at radius 3 is 2.63 bits per heavy atom. The molecule has 3 rings (SSSR count). The van der Waals surface area contributed by atoms with E-state index in [0.29, 0.717) is 12.0 Å². The largest absolute Gasteiger partial charge is 0.354 e. The molecule has 2 nitrogen and oxygen atoms in total. The predicted octanol–water partition coefficient (Wildman–Crippen LogP) is 5.17. The van der Waals surface area contributed by atoms with E-state index < -0.39 is 0 Å². The fraction of sp³-hybridized carbons (Fsp3) is 0.267. The third-order valence-corrected chi connectivity index (χ3v) is 5.01. The number of hydrogen-bond acceptors (Lipinski definition) is 4. The SMILES string of the molecule is CC(C)C(Nc1nc2ccccc2s1)c1cccs1. The Hall–Kier alpha value is -1.39. The summed E-state index contributed by atoms with van der Waals surface area (Å²) in [5.74, 6) is 0.533. The lowest BCUT2D eigenvalue weighted by molar-refractivity contribution is 0.553. The predicted molar refractivity (Wildman–Crippen MR) is 85.1 cm³/mol. The first-order valence-corrected chi connectivity index (χ1v) is 8.09. The van der Waals surface area contributed by atoms with E-state index in [9.17, 15) is 0 Å². The van der Waals surface area contributed by atoms with E-state index in [-0.39, 0.29) is 0 Å². The number of rotatable bonds is 4. The number of benzene rings is 1. The summed E-state index contributed by atoms with van der Waals surface area (Å²) >= 11 is 3.52. The van der Waals surface area contributed by atoms with Crippen molar-refractivity contribution >= 4 is 38.0 Å². The normalized spacial score (nSPS) is 13.0. The van der Waals surface area contributed by atoms with E-state index in [1.54, 1.807) is 22.7 Å². The summed E-state index contributed by atoms with van der Waals surface area (Å²) in [4.78, 5) is 6.03. The van der Waals surface area contributed by atoms with Crippen LogP contribution < -0.4 is 5.32 Å². The van der Waals surface area contributed by atoms with Crippen molar-refractivity contribution in [2.24, 2.45) is 5.92 Å². The maximum absolute atomic E-state index is 4.66. The average molecular weight is 288 g/mol. The van der Waals surface area contributed by atoms with Gasteiger partial charge in [0, 0.05) is 4.88 Å². The first kappa shape index (κ1) is 12.6. The van der Waals surface area contributed by atoms with Crippen LogP contribution in [0.2, 0.25) is 0 Å². The zero-order chi connectivity index (χ0) is 13.2. The van der Waals surface area contributed by atoms with Crippen LogP contribution in [0, 0.1) is 5.92 Å². The van der Waals surface area contributed by atoms with Crippen molar-refractivity contribution < 1.29 is 0 Å². The Balaban J connectivity index is 1.89. The van der Waals surface area contributed by atoms with Gasteiger partial charge in [0.05, 0.1) is 16.3 Å². The molecule has 0 saturated carbocycles. The van der Waals surface area contributed by atoms with E-state index in [2.05, 4.69) is 59.9 Å². The number of hydrogen-bond donors (Lipinski definition) is 1. The summed E-state index contributed by atoms with van der Waals surface area (Å²) in [7, 11) is 0. The van der Waals surface area contributed by atoms with Gasteiger partial charge in [-0.2, -0.15) is 0 Å². The number of anilines is 1. The van der Waals surface area contributed by atoms with Gasteiger partial charge in [0.15, 0.2) is 5.13 Å². The molecule has 3 aromatic rings. The minimum Gasteiger partial charge on any atom is -0.354 e. The Bertz CT molecular complexity index is 623. The molecule has 0 aliphatic heterocycles. The van der Waals surface area contributed by atoms with Crippen LogP contribution in [0.3, 0.4) is 0 Å². The molecule has 1 atom stereocenters. The molecule has 0 aliphatic carbocycles. The molecular formula is C15H16N2S2. The second kappa shape index (κ2) is 5.31. The van der Waals surface area contributed by atoms with Crippen molar-refractivity contribution in [3.05, 3.63) is 46.7 Å². The molecule has 0 saturated heterocycles. The van der Waals surface area contributed by atoms with Crippen LogP contribution in [-0.2, 0) is 0 Å². The van der Waals surface area contributed by atoms with Crippen LogP contribution in [-0.4, -0.2) is 4.98 Å². The van der Waals surface area contributed by atoms with Gasteiger partial charge in [-0.05, 0) is 29.5 Å². The average Bonchev–Trinajstić information content (AvgIpc) is 3.04. The van der Waals surface area contributed by atoms with Gasteiger partial charge in [0.2, 0.25) is 0 Å². The van der Waals surface area contributed by atoms with E-state index in [0.717, 1.165) is 10.6 Å². The molecule has 2 aromatic heterocycles. The molecule has 19 heavy (non-hydrogen) atoms. The molecular weight excluding hydrogens is 272 g/mol. The molecule has 1 aromatic carbocycles. The summed E-state index contributed by atoms with van der Waals surface area (Å²) in [6.45, 7) is 4.48. The summed E-state index contributed by atoms with van der Waals surface area (Å²) in [6, 6.07) is 12.9. The number of nitrogens with zero attached hydrogens (tertiary/aromatic N) is 1. The highest BCUT2D eigenvalue weighted by atomic mass is 32.1. The van der Waals surface area contributed by atoms with Crippen molar-refractivity contribution in [1.82, 2.24) is 4.98 Å². The second-order valence-electron chi connectivity index (χ2n) is 4.87. The van der Waals surface area contributed by atoms with E-state index in [1.165, 1.54) is 9.58 Å². The number of para-hydroxylation sites is 1. The smallest absolute Gasteiger partial charge is 0.184 e. The van der Waals surface area contributed by atoms with E-state index >= 15 is 0 Å². The van der Waals surface area contributed by atoms with Crippen molar-refractivity contribution in [2.45, 2.75) is 19.9 Å². The number of aromatic nitrogens is 1. The van der Waals surface area contributed by atoms with Gasteiger partial charge in [-0.25, -0.2) is 4.98 Å². The van der Waals surface area contributed by atoms with E-state index in [1.807, 2.05) is 6.07 Å². The third kappa shape index (κ3) is 2.65. The molecule has 98 valence electrons. The van der Waals surface area contributed by atoms with Crippen LogP contribution in [0.1, 0.15) is 24.8 Å². The molecule has 4 heteroatoms. The number of fused-ring (bicyclic) bond motifs is 1. The van der Waals surface area contributed by atoms with Gasteiger partial charge in [-0.3, -0.25) is 0 Å². The maximum atomic E-state index is 4.66. The van der Waals surface area contributed by atoms with Crippen molar-refractivity contribution in [3.8, 4) is 0 Å². The van der Waals surface area contributed by atoms with Crippen LogP contribution in [0.5, 0.6) is 0 Å². The highest BCUT2D eigenvalue weighted by Gasteiger charge is 2.18. The highest BCUT2D eigenvalue weighted by molar-refractivity contribution is 7.22. The van der Waals surface area contributed by atoms with Crippen molar-refractivity contribution in [3.63, 3.8) is 0 Å². The molecule has 2 heterocycles. The number of nitrogens with one attached hydrogen (secondary N) is 1. The Labute approximate surface area is 121 Å². The molecule has 0 radical (unpaired) electrons. The summed E-state index contributed by atoms with van der Waals surface area (Å²) in [5.41, 5.74) is 1.07. The zero-order valence-electron chi connectivity index (χ0n) is 11.0. The summed E-state index contributed by atoms with van der Waals surface area (Å²) in [6.07, 6.45) is 0. The Kier molecular flexibility index (Phi) is 3.53. The standard InChI is InChI=1S/C15H16N2S2/c1-10(2)14(13-8-5-9-18-13)17-15-16-11-6-3-4-7-12(11)19-15/h3-10,14H,1-2H3,(H,16,17). The zero-order valence-corrected chi connectivity index (χ0v) is 12.6. The fourth-order valence-corrected chi connectivity index (χ4v) is 3.95. The molecule has 0 spiro atoms. The quantitative estimate of drug-likeness (QED) is 0.716. The lowest BCUT2D eigenvalue weighted by Gasteiger charge is -2.20. The van der Waals surface area contributed by atoms with Gasteiger partial charge in [0.1, 0.15) is 0 Å². The van der Waals surface area contributed by atoms with Crippen LogP contribution >= 0.6 is 22.7 Å². The summed E-state index contributed by atoms with van der Waals surface area (Å²) in [5, 5.41) is 6.73. The molecule has 1 unspecified atom stereocenters. The number of thiophene rings is 1. The van der Waals surface area contributed by atoms with Gasteiger partial charge in [0.25, 0.3) is 0 Å². The van der Waals surface area contributed by atoms with Crippen molar-refractivity contribution in [2.75, 3.05) is 5.32 Å². The highest BCUT2D eigenvalue weighted by Crippen LogP contribution is 2.33. The molecule has 0 aliphatic rings.